The highest BCUT2D eigenvalue weighted by Crippen LogP contribution is 2.33. The van der Waals surface area contributed by atoms with Gasteiger partial charge in [-0.25, -0.2) is 4.79 Å². The summed E-state index contributed by atoms with van der Waals surface area (Å²) in [6.45, 7) is 7.76. The van der Waals surface area contributed by atoms with Gasteiger partial charge in [0.25, 0.3) is 0 Å². The number of likely N-dealkylation sites (N-methyl/N-ethyl adjacent to an activating group) is 2. The lowest BCUT2D eigenvalue weighted by atomic mass is 9.84. The molecule has 0 radical (unpaired) electrons. The maximum absolute atomic E-state index is 12.0. The van der Waals surface area contributed by atoms with Crippen molar-refractivity contribution in [2.24, 2.45) is 0 Å². The number of H-pyrrole nitrogens is 1. The Balaban J connectivity index is 1.82. The molecule has 1 amide bonds. The van der Waals surface area contributed by atoms with Crippen molar-refractivity contribution in [1.29, 1.82) is 0 Å². The molecule has 1 aromatic heterocycles. The fourth-order valence-electron chi connectivity index (χ4n) is 3.28. The van der Waals surface area contributed by atoms with Crippen molar-refractivity contribution in [2.45, 2.75) is 70.6 Å². The van der Waals surface area contributed by atoms with Crippen LogP contribution in [0.3, 0.4) is 0 Å². The number of amides is 1. The predicted octanol–water partition coefficient (Wildman–Crippen LogP) is 2.73. The van der Waals surface area contributed by atoms with Gasteiger partial charge in [-0.05, 0) is 53.5 Å². The largest absolute Gasteiger partial charge is 0.444 e. The minimum absolute atomic E-state index is 0.153. The van der Waals surface area contributed by atoms with Crippen molar-refractivity contribution in [2.75, 3.05) is 27.2 Å². The van der Waals surface area contributed by atoms with Crippen LogP contribution in [0.4, 0.5) is 4.79 Å². The van der Waals surface area contributed by atoms with Gasteiger partial charge in [-0.3, -0.25) is 5.10 Å². The quantitative estimate of drug-likeness (QED) is 0.809. The molecule has 7 nitrogen and oxygen atoms in total. The number of ether oxygens (including phenoxy) is 1. The van der Waals surface area contributed by atoms with Crippen molar-refractivity contribution in [3.8, 4) is 0 Å². The Hall–Kier alpha value is -1.60. The lowest BCUT2D eigenvalue weighted by Crippen LogP contribution is -2.38. The van der Waals surface area contributed by atoms with E-state index in [1.165, 1.54) is 5.56 Å². The first-order chi connectivity index (χ1) is 12.2. The molecule has 0 unspecified atom stereocenters. The molecule has 2 rings (SSSR count). The molecule has 0 bridgehead atoms. The van der Waals surface area contributed by atoms with Gasteiger partial charge in [0, 0.05) is 44.4 Å². The highest BCUT2D eigenvalue weighted by molar-refractivity contribution is 5.67. The molecule has 1 fully saturated rings. The average Bonchev–Trinajstić information content (AvgIpc) is 2.99. The fourth-order valence-corrected chi connectivity index (χ4v) is 3.28. The first kappa shape index (κ1) is 20.7. The van der Waals surface area contributed by atoms with Crippen molar-refractivity contribution in [3.05, 3.63) is 17.5 Å². The molecule has 1 aliphatic rings. The molecule has 1 heterocycles. The standard InChI is InChI=1S/C19H34N4O3/c1-19(2,3)26-18(25)23(5)11-10-22(4)13-15-12-20-21-17(15)14-6-8-16(24)9-7-14/h12,14,16,24H,6-11,13H2,1-5H3,(H,20,21). The first-order valence-electron chi connectivity index (χ1n) is 9.49. The topological polar surface area (TPSA) is 81.7 Å². The van der Waals surface area contributed by atoms with Crippen LogP contribution in [0.5, 0.6) is 0 Å². The minimum Gasteiger partial charge on any atom is -0.444 e. The number of rotatable bonds is 6. The van der Waals surface area contributed by atoms with Gasteiger partial charge in [-0.15, -0.1) is 0 Å². The monoisotopic (exact) mass is 366 g/mol. The molecule has 0 aromatic carbocycles. The number of aliphatic hydroxyl groups excluding tert-OH is 1. The highest BCUT2D eigenvalue weighted by atomic mass is 16.6. The summed E-state index contributed by atoms with van der Waals surface area (Å²) in [5, 5.41) is 17.2. The van der Waals surface area contributed by atoms with E-state index in [0.717, 1.165) is 44.5 Å². The van der Waals surface area contributed by atoms with E-state index in [-0.39, 0.29) is 12.2 Å². The first-order valence-corrected chi connectivity index (χ1v) is 9.49. The van der Waals surface area contributed by atoms with E-state index < -0.39 is 5.60 Å². The summed E-state index contributed by atoms with van der Waals surface area (Å²) in [6, 6.07) is 0. The third-order valence-electron chi connectivity index (χ3n) is 4.80. The van der Waals surface area contributed by atoms with Crippen LogP contribution in [0.1, 0.15) is 63.6 Å². The van der Waals surface area contributed by atoms with E-state index in [4.69, 9.17) is 4.74 Å². The third-order valence-corrected chi connectivity index (χ3v) is 4.80. The fraction of sp³-hybridized carbons (Fsp3) is 0.789. The Morgan fingerprint density at radius 1 is 1.27 bits per heavy atom. The second kappa shape index (κ2) is 8.86. The SMILES string of the molecule is CN(CCN(C)C(=O)OC(C)(C)C)Cc1c[nH]nc1C1CCC(O)CC1. The van der Waals surface area contributed by atoms with E-state index in [2.05, 4.69) is 15.1 Å². The van der Waals surface area contributed by atoms with Gasteiger partial charge in [0.2, 0.25) is 0 Å². The number of nitrogens with zero attached hydrogens (tertiary/aromatic N) is 3. The van der Waals surface area contributed by atoms with E-state index in [0.29, 0.717) is 12.5 Å². The molecule has 1 aliphatic carbocycles. The summed E-state index contributed by atoms with van der Waals surface area (Å²) < 4.78 is 5.38. The number of carbonyl (C=O) groups is 1. The van der Waals surface area contributed by atoms with Crippen molar-refractivity contribution < 1.29 is 14.6 Å². The van der Waals surface area contributed by atoms with E-state index in [9.17, 15) is 9.90 Å². The Bertz CT molecular complexity index is 574. The van der Waals surface area contributed by atoms with Gasteiger partial charge < -0.3 is 19.6 Å². The molecule has 1 saturated carbocycles. The Kier molecular flexibility index (Phi) is 7.06. The maximum Gasteiger partial charge on any atom is 0.410 e. The third kappa shape index (κ3) is 6.29. The van der Waals surface area contributed by atoms with E-state index >= 15 is 0 Å². The van der Waals surface area contributed by atoms with Crippen LogP contribution in [0.2, 0.25) is 0 Å². The number of nitrogens with one attached hydrogen (secondary N) is 1. The molecule has 1 aromatic rings. The minimum atomic E-state index is -0.476. The second-order valence-corrected chi connectivity index (χ2v) is 8.44. The number of hydrogen-bond donors (Lipinski definition) is 2. The summed E-state index contributed by atoms with van der Waals surface area (Å²) in [5.74, 6) is 0.428. The summed E-state index contributed by atoms with van der Waals surface area (Å²) >= 11 is 0. The summed E-state index contributed by atoms with van der Waals surface area (Å²) in [6.07, 6.45) is 5.21. The number of carbonyl (C=O) groups excluding carboxylic acids is 1. The zero-order chi connectivity index (χ0) is 19.3. The van der Waals surface area contributed by atoms with Crippen LogP contribution in [0.25, 0.3) is 0 Å². The number of hydrogen-bond acceptors (Lipinski definition) is 5. The molecule has 0 saturated heterocycles. The van der Waals surface area contributed by atoms with Gasteiger partial charge >= 0.3 is 6.09 Å². The van der Waals surface area contributed by atoms with Crippen LogP contribution in [0, 0.1) is 0 Å². The van der Waals surface area contributed by atoms with Crippen LogP contribution in [-0.4, -0.2) is 70.1 Å². The molecule has 0 aliphatic heterocycles. The van der Waals surface area contributed by atoms with E-state index in [1.807, 2.05) is 34.0 Å². The lowest BCUT2D eigenvalue weighted by molar-refractivity contribution is 0.0286. The number of aromatic amines is 1. The Morgan fingerprint density at radius 3 is 2.54 bits per heavy atom. The molecule has 2 N–H and O–H groups in total. The van der Waals surface area contributed by atoms with Gasteiger partial charge in [0.15, 0.2) is 0 Å². The van der Waals surface area contributed by atoms with Crippen LogP contribution >= 0.6 is 0 Å². The molecule has 0 spiro atoms. The molecule has 148 valence electrons. The Labute approximate surface area is 156 Å². The predicted molar refractivity (Wildman–Crippen MR) is 101 cm³/mol. The van der Waals surface area contributed by atoms with Crippen LogP contribution in [-0.2, 0) is 11.3 Å². The maximum atomic E-state index is 12.0. The molecule has 0 atom stereocenters. The second-order valence-electron chi connectivity index (χ2n) is 8.44. The zero-order valence-corrected chi connectivity index (χ0v) is 16.8. The lowest BCUT2D eigenvalue weighted by Gasteiger charge is -2.27. The Morgan fingerprint density at radius 2 is 1.92 bits per heavy atom. The van der Waals surface area contributed by atoms with Gasteiger partial charge in [0.1, 0.15) is 5.60 Å². The van der Waals surface area contributed by atoms with Gasteiger partial charge in [0.05, 0.1) is 11.8 Å². The smallest absolute Gasteiger partial charge is 0.410 e. The molecule has 7 heteroatoms. The molecular formula is C19H34N4O3. The number of aromatic nitrogens is 2. The summed E-state index contributed by atoms with van der Waals surface area (Å²) in [4.78, 5) is 15.8. The van der Waals surface area contributed by atoms with Crippen molar-refractivity contribution >= 4 is 6.09 Å². The van der Waals surface area contributed by atoms with Gasteiger partial charge in [-0.1, -0.05) is 0 Å². The normalized spacial score (nSPS) is 21.0. The van der Waals surface area contributed by atoms with Crippen LogP contribution in [0.15, 0.2) is 6.20 Å². The summed E-state index contributed by atoms with van der Waals surface area (Å²) in [5.41, 5.74) is 1.86. The highest BCUT2D eigenvalue weighted by Gasteiger charge is 2.25. The zero-order valence-electron chi connectivity index (χ0n) is 16.8. The number of aliphatic hydroxyl groups is 1. The van der Waals surface area contributed by atoms with Crippen molar-refractivity contribution in [3.63, 3.8) is 0 Å². The molecule has 26 heavy (non-hydrogen) atoms. The van der Waals surface area contributed by atoms with Crippen molar-refractivity contribution in [1.82, 2.24) is 20.0 Å². The van der Waals surface area contributed by atoms with E-state index in [1.54, 1.807) is 11.9 Å². The molecular weight excluding hydrogens is 332 g/mol. The summed E-state index contributed by atoms with van der Waals surface area (Å²) in [7, 11) is 3.81. The van der Waals surface area contributed by atoms with Gasteiger partial charge in [-0.2, -0.15) is 5.10 Å². The average molecular weight is 367 g/mol. The van der Waals surface area contributed by atoms with Crippen LogP contribution < -0.4 is 0 Å².